The molecule has 1 amide bonds. The fourth-order valence-corrected chi connectivity index (χ4v) is 3.88. The third kappa shape index (κ3) is 3.64. The van der Waals surface area contributed by atoms with E-state index in [-0.39, 0.29) is 29.7 Å². The van der Waals surface area contributed by atoms with E-state index < -0.39 is 5.97 Å². The van der Waals surface area contributed by atoms with Gasteiger partial charge in [0.25, 0.3) is 0 Å². The minimum atomic E-state index is -0.729. The summed E-state index contributed by atoms with van der Waals surface area (Å²) in [7, 11) is 0. The second kappa shape index (κ2) is 6.70. The van der Waals surface area contributed by atoms with Gasteiger partial charge in [0.05, 0.1) is 16.0 Å². The molecule has 0 radical (unpaired) electrons. The van der Waals surface area contributed by atoms with Crippen LogP contribution < -0.4 is 5.32 Å². The van der Waals surface area contributed by atoms with E-state index in [9.17, 15) is 9.59 Å². The first-order valence-corrected chi connectivity index (χ1v) is 8.70. The molecule has 4 nitrogen and oxygen atoms in total. The van der Waals surface area contributed by atoms with Crippen LogP contribution in [0.3, 0.4) is 0 Å². The Labute approximate surface area is 145 Å². The number of amides is 1. The first-order chi connectivity index (χ1) is 11.0. The Morgan fingerprint density at radius 2 is 1.83 bits per heavy atom. The fraction of sp³-hybridized carbons (Fsp3) is 0.529. The van der Waals surface area contributed by atoms with Crippen LogP contribution in [0.15, 0.2) is 18.2 Å². The van der Waals surface area contributed by atoms with Crippen molar-refractivity contribution >= 4 is 35.1 Å². The minimum Gasteiger partial charge on any atom is -0.481 e. The Bertz CT molecular complexity index is 626. The molecule has 0 aromatic heterocycles. The predicted octanol–water partition coefficient (Wildman–Crippen LogP) is 3.86. The lowest BCUT2D eigenvalue weighted by molar-refractivity contribution is -0.142. The molecular weight excluding hydrogens is 337 g/mol. The van der Waals surface area contributed by atoms with E-state index in [2.05, 4.69) is 5.32 Å². The van der Waals surface area contributed by atoms with E-state index in [0.29, 0.717) is 22.9 Å². The number of hydrogen-bond donors (Lipinski definition) is 2. The Balaban J connectivity index is 1.53. The van der Waals surface area contributed by atoms with E-state index in [1.54, 1.807) is 6.07 Å². The highest BCUT2D eigenvalue weighted by atomic mass is 35.5. The summed E-state index contributed by atoms with van der Waals surface area (Å²) in [6, 6.07) is 5.61. The largest absolute Gasteiger partial charge is 0.481 e. The molecule has 2 atom stereocenters. The van der Waals surface area contributed by atoms with Crippen molar-refractivity contribution in [2.45, 2.75) is 44.1 Å². The van der Waals surface area contributed by atoms with Crippen LogP contribution in [0.5, 0.6) is 0 Å². The predicted molar refractivity (Wildman–Crippen MR) is 88.8 cm³/mol. The second-order valence-corrected chi connectivity index (χ2v) is 7.27. The molecule has 2 saturated carbocycles. The fourth-order valence-electron chi connectivity index (χ4n) is 3.43. The van der Waals surface area contributed by atoms with Gasteiger partial charge in [0.2, 0.25) is 5.91 Å². The number of halogens is 2. The smallest absolute Gasteiger partial charge is 0.306 e. The lowest BCUT2D eigenvalue weighted by Crippen LogP contribution is -2.39. The van der Waals surface area contributed by atoms with Gasteiger partial charge in [0.1, 0.15) is 0 Å². The lowest BCUT2D eigenvalue weighted by Gasteiger charge is -2.26. The summed E-state index contributed by atoms with van der Waals surface area (Å²) in [4.78, 5) is 23.3. The van der Waals surface area contributed by atoms with Crippen LogP contribution in [0.1, 0.15) is 43.6 Å². The van der Waals surface area contributed by atoms with Crippen LogP contribution >= 0.6 is 23.2 Å². The van der Waals surface area contributed by atoms with Crippen molar-refractivity contribution in [2.24, 2.45) is 11.8 Å². The first-order valence-electron chi connectivity index (χ1n) is 7.94. The summed E-state index contributed by atoms with van der Waals surface area (Å²) in [5.74, 6) is -0.862. The number of hydrogen-bond acceptors (Lipinski definition) is 2. The number of carboxylic acid groups (broad SMARTS) is 1. The third-order valence-electron chi connectivity index (χ3n) is 4.93. The summed E-state index contributed by atoms with van der Waals surface area (Å²) >= 11 is 12.2. The van der Waals surface area contributed by atoms with Gasteiger partial charge in [-0.05, 0) is 49.7 Å². The van der Waals surface area contributed by atoms with E-state index in [0.717, 1.165) is 24.8 Å². The standard InChI is InChI=1S/C17H19Cl2NO3/c18-14-3-1-2-11(15(14)19)12-8-13(12)16(21)20-10-6-4-9(5-7-10)17(22)23/h1-3,9-10,12-13H,4-8H2,(H,20,21)(H,22,23)/t9?,10?,12-,13-/m1/s1. The van der Waals surface area contributed by atoms with E-state index in [1.165, 1.54) is 0 Å². The molecular formula is C17H19Cl2NO3. The zero-order valence-corrected chi connectivity index (χ0v) is 14.1. The van der Waals surface area contributed by atoms with Gasteiger partial charge < -0.3 is 10.4 Å². The molecule has 0 aliphatic heterocycles. The molecule has 23 heavy (non-hydrogen) atoms. The number of carboxylic acids is 1. The summed E-state index contributed by atoms with van der Waals surface area (Å²) in [5, 5.41) is 13.1. The van der Waals surface area contributed by atoms with Crippen molar-refractivity contribution in [3.63, 3.8) is 0 Å². The average Bonchev–Trinajstić information content (AvgIpc) is 3.31. The van der Waals surface area contributed by atoms with E-state index in [1.807, 2.05) is 12.1 Å². The minimum absolute atomic E-state index is 0.0461. The zero-order valence-electron chi connectivity index (χ0n) is 12.6. The maximum atomic E-state index is 12.4. The van der Waals surface area contributed by atoms with Gasteiger partial charge in [-0.1, -0.05) is 35.3 Å². The Hall–Kier alpha value is -1.26. The SMILES string of the molecule is O=C(O)C1CCC(NC(=O)[C@@H]2C[C@@H]2c2cccc(Cl)c2Cl)CC1. The number of rotatable bonds is 4. The molecule has 2 fully saturated rings. The van der Waals surface area contributed by atoms with Gasteiger partial charge in [-0.15, -0.1) is 0 Å². The molecule has 0 saturated heterocycles. The topological polar surface area (TPSA) is 66.4 Å². The van der Waals surface area contributed by atoms with Gasteiger partial charge >= 0.3 is 5.97 Å². The first kappa shape index (κ1) is 16.6. The van der Waals surface area contributed by atoms with Gasteiger partial charge in [-0.25, -0.2) is 0 Å². The van der Waals surface area contributed by atoms with Crippen molar-refractivity contribution in [2.75, 3.05) is 0 Å². The summed E-state index contributed by atoms with van der Waals surface area (Å²) < 4.78 is 0. The van der Waals surface area contributed by atoms with Gasteiger partial charge in [-0.3, -0.25) is 9.59 Å². The van der Waals surface area contributed by atoms with Crippen molar-refractivity contribution in [3.05, 3.63) is 33.8 Å². The number of aliphatic carboxylic acids is 1. The third-order valence-corrected chi connectivity index (χ3v) is 5.76. The van der Waals surface area contributed by atoms with Crippen LogP contribution in [0, 0.1) is 11.8 Å². The Morgan fingerprint density at radius 3 is 2.48 bits per heavy atom. The molecule has 124 valence electrons. The summed E-state index contributed by atoms with van der Waals surface area (Å²) in [6.07, 6.45) is 3.52. The van der Waals surface area contributed by atoms with Crippen LogP contribution in [-0.4, -0.2) is 23.0 Å². The van der Waals surface area contributed by atoms with E-state index >= 15 is 0 Å². The highest BCUT2D eigenvalue weighted by Gasteiger charge is 2.45. The van der Waals surface area contributed by atoms with Crippen molar-refractivity contribution in [1.82, 2.24) is 5.32 Å². The molecule has 6 heteroatoms. The quantitative estimate of drug-likeness (QED) is 0.861. The van der Waals surface area contributed by atoms with E-state index in [4.69, 9.17) is 28.3 Å². The maximum Gasteiger partial charge on any atom is 0.306 e. The van der Waals surface area contributed by atoms with Crippen molar-refractivity contribution in [3.8, 4) is 0 Å². The highest BCUT2D eigenvalue weighted by Crippen LogP contribution is 2.50. The molecule has 3 rings (SSSR count). The Kier molecular flexibility index (Phi) is 4.83. The number of carbonyl (C=O) groups excluding carboxylic acids is 1. The normalized spacial score (nSPS) is 29.8. The molecule has 2 aliphatic rings. The summed E-state index contributed by atoms with van der Waals surface area (Å²) in [5.41, 5.74) is 0.939. The molecule has 0 heterocycles. The second-order valence-electron chi connectivity index (χ2n) is 6.49. The lowest BCUT2D eigenvalue weighted by atomic mass is 9.86. The molecule has 0 bridgehead atoms. The highest BCUT2D eigenvalue weighted by molar-refractivity contribution is 6.42. The Morgan fingerprint density at radius 1 is 1.13 bits per heavy atom. The summed E-state index contributed by atoms with van der Waals surface area (Å²) in [6.45, 7) is 0. The van der Waals surface area contributed by atoms with Crippen LogP contribution in [-0.2, 0) is 9.59 Å². The molecule has 2 aliphatic carbocycles. The molecule has 2 N–H and O–H groups in total. The van der Waals surface area contributed by atoms with Crippen molar-refractivity contribution in [1.29, 1.82) is 0 Å². The monoisotopic (exact) mass is 355 g/mol. The van der Waals surface area contributed by atoms with Gasteiger partial charge in [-0.2, -0.15) is 0 Å². The molecule has 0 spiro atoms. The van der Waals surface area contributed by atoms with Gasteiger partial charge in [0, 0.05) is 12.0 Å². The van der Waals surface area contributed by atoms with Gasteiger partial charge in [0.15, 0.2) is 0 Å². The van der Waals surface area contributed by atoms with Crippen LogP contribution in [0.2, 0.25) is 10.0 Å². The van der Waals surface area contributed by atoms with Crippen LogP contribution in [0.25, 0.3) is 0 Å². The molecule has 1 aromatic rings. The molecule has 0 unspecified atom stereocenters. The molecule has 1 aromatic carbocycles. The number of benzene rings is 1. The maximum absolute atomic E-state index is 12.4. The number of carbonyl (C=O) groups is 2. The van der Waals surface area contributed by atoms with Crippen molar-refractivity contribution < 1.29 is 14.7 Å². The number of nitrogens with one attached hydrogen (secondary N) is 1. The van der Waals surface area contributed by atoms with Crippen LogP contribution in [0.4, 0.5) is 0 Å². The average molecular weight is 356 g/mol. The zero-order chi connectivity index (χ0) is 16.6.